The molecule has 2 N–H and O–H groups in total. The third-order valence-corrected chi connectivity index (χ3v) is 4.44. The first-order chi connectivity index (χ1) is 9.74. The number of thiophene rings is 1. The third kappa shape index (κ3) is 1.98. The fraction of sp³-hybridized carbons (Fsp3) is 0.267. The standard InChI is InChI=1S/C15H14N2O2S/c1-2-13-14(10(8-16)15(17)20-13)9-3-4-11-12(7-9)19-6-5-18-11/h3-4,7H,2,5-6,17H2,1H3. The van der Waals surface area contributed by atoms with Gasteiger partial charge in [-0.25, -0.2) is 0 Å². The molecule has 0 saturated heterocycles. The highest BCUT2D eigenvalue weighted by Gasteiger charge is 2.19. The molecule has 0 aliphatic carbocycles. The molecule has 20 heavy (non-hydrogen) atoms. The maximum absolute atomic E-state index is 9.33. The predicted octanol–water partition coefficient (Wildman–Crippen LogP) is 3.20. The Morgan fingerprint density at radius 2 is 2.05 bits per heavy atom. The number of aryl methyl sites for hydroxylation is 1. The molecule has 4 nitrogen and oxygen atoms in total. The number of nitriles is 1. The van der Waals surface area contributed by atoms with Gasteiger partial charge in [0.25, 0.3) is 0 Å². The van der Waals surface area contributed by atoms with Crippen molar-refractivity contribution in [3.05, 3.63) is 28.6 Å². The number of rotatable bonds is 2. The predicted molar refractivity (Wildman–Crippen MR) is 79.3 cm³/mol. The second kappa shape index (κ2) is 5.06. The number of nitrogen functional groups attached to an aromatic ring is 1. The smallest absolute Gasteiger partial charge is 0.161 e. The van der Waals surface area contributed by atoms with E-state index in [2.05, 4.69) is 13.0 Å². The van der Waals surface area contributed by atoms with E-state index in [1.807, 2.05) is 18.2 Å². The van der Waals surface area contributed by atoms with Crippen molar-refractivity contribution in [1.82, 2.24) is 0 Å². The lowest BCUT2D eigenvalue weighted by molar-refractivity contribution is 0.171. The SMILES string of the molecule is CCc1sc(N)c(C#N)c1-c1ccc2c(c1)OCCO2. The number of fused-ring (bicyclic) bond motifs is 1. The van der Waals surface area contributed by atoms with Gasteiger partial charge in [-0.15, -0.1) is 11.3 Å². The van der Waals surface area contributed by atoms with Crippen LogP contribution in [0.3, 0.4) is 0 Å². The van der Waals surface area contributed by atoms with Crippen molar-refractivity contribution in [2.24, 2.45) is 0 Å². The molecule has 0 radical (unpaired) electrons. The summed E-state index contributed by atoms with van der Waals surface area (Å²) in [7, 11) is 0. The Balaban J connectivity index is 2.16. The number of hydrogen-bond donors (Lipinski definition) is 1. The summed E-state index contributed by atoms with van der Waals surface area (Å²) in [6.45, 7) is 3.18. The normalized spacial score (nSPS) is 13.0. The van der Waals surface area contributed by atoms with Crippen molar-refractivity contribution in [2.75, 3.05) is 18.9 Å². The number of benzene rings is 1. The number of nitrogens with zero attached hydrogens (tertiary/aromatic N) is 1. The number of nitrogens with two attached hydrogens (primary N) is 1. The van der Waals surface area contributed by atoms with Gasteiger partial charge >= 0.3 is 0 Å². The minimum Gasteiger partial charge on any atom is -0.486 e. The van der Waals surface area contributed by atoms with E-state index in [4.69, 9.17) is 15.2 Å². The topological polar surface area (TPSA) is 68.3 Å². The summed E-state index contributed by atoms with van der Waals surface area (Å²) in [5, 5.41) is 9.91. The zero-order valence-corrected chi connectivity index (χ0v) is 11.9. The molecule has 3 rings (SSSR count). The van der Waals surface area contributed by atoms with Crippen molar-refractivity contribution >= 4 is 16.3 Å². The molecule has 0 saturated carbocycles. The first kappa shape index (κ1) is 12.8. The van der Waals surface area contributed by atoms with Gasteiger partial charge in [0.05, 0.1) is 5.56 Å². The highest BCUT2D eigenvalue weighted by atomic mass is 32.1. The molecule has 102 valence electrons. The number of anilines is 1. The minimum absolute atomic E-state index is 0.550. The van der Waals surface area contributed by atoms with Gasteiger partial charge < -0.3 is 15.2 Å². The van der Waals surface area contributed by atoms with E-state index >= 15 is 0 Å². The van der Waals surface area contributed by atoms with Gasteiger partial charge in [-0.3, -0.25) is 0 Å². The van der Waals surface area contributed by atoms with Crippen LogP contribution in [0.1, 0.15) is 17.4 Å². The molecule has 1 aliphatic rings. The van der Waals surface area contributed by atoms with Gasteiger partial charge in [0.2, 0.25) is 0 Å². The molecule has 2 aromatic rings. The average molecular weight is 286 g/mol. The molecular formula is C15H14N2O2S. The first-order valence-corrected chi connectivity index (χ1v) is 7.27. The van der Waals surface area contributed by atoms with Crippen LogP contribution in [0.4, 0.5) is 5.00 Å². The highest BCUT2D eigenvalue weighted by molar-refractivity contribution is 7.16. The van der Waals surface area contributed by atoms with Crippen LogP contribution in [-0.2, 0) is 6.42 Å². The van der Waals surface area contributed by atoms with E-state index in [1.54, 1.807) is 0 Å². The van der Waals surface area contributed by atoms with Crippen LogP contribution in [0, 0.1) is 11.3 Å². The Kier molecular flexibility index (Phi) is 3.25. The third-order valence-electron chi connectivity index (χ3n) is 3.27. The molecule has 0 atom stereocenters. The van der Waals surface area contributed by atoms with Crippen LogP contribution in [0.15, 0.2) is 18.2 Å². The van der Waals surface area contributed by atoms with Crippen molar-refractivity contribution in [3.63, 3.8) is 0 Å². The van der Waals surface area contributed by atoms with E-state index in [-0.39, 0.29) is 0 Å². The molecule has 0 fully saturated rings. The lowest BCUT2D eigenvalue weighted by Gasteiger charge is -2.19. The Morgan fingerprint density at radius 3 is 2.75 bits per heavy atom. The fourth-order valence-corrected chi connectivity index (χ4v) is 3.34. The molecule has 1 aromatic heterocycles. The largest absolute Gasteiger partial charge is 0.486 e. The fourth-order valence-electron chi connectivity index (χ4n) is 2.36. The lowest BCUT2D eigenvalue weighted by Crippen LogP contribution is -2.15. The monoisotopic (exact) mass is 286 g/mol. The molecule has 1 aliphatic heterocycles. The number of ether oxygens (including phenoxy) is 2. The molecule has 0 amide bonds. The Hall–Kier alpha value is -2.19. The first-order valence-electron chi connectivity index (χ1n) is 6.45. The summed E-state index contributed by atoms with van der Waals surface area (Å²) in [6, 6.07) is 7.98. The Morgan fingerprint density at radius 1 is 1.30 bits per heavy atom. The molecule has 2 heterocycles. The van der Waals surface area contributed by atoms with Crippen molar-refractivity contribution in [3.8, 4) is 28.7 Å². The van der Waals surface area contributed by atoms with Gasteiger partial charge in [-0.05, 0) is 24.1 Å². The van der Waals surface area contributed by atoms with Gasteiger partial charge in [-0.1, -0.05) is 13.0 Å². The van der Waals surface area contributed by atoms with Crippen molar-refractivity contribution < 1.29 is 9.47 Å². The van der Waals surface area contributed by atoms with Crippen molar-refractivity contribution in [1.29, 1.82) is 5.26 Å². The summed E-state index contributed by atoms with van der Waals surface area (Å²) in [6.07, 6.45) is 0.848. The second-order valence-electron chi connectivity index (χ2n) is 4.46. The minimum atomic E-state index is 0.550. The quantitative estimate of drug-likeness (QED) is 0.920. The highest BCUT2D eigenvalue weighted by Crippen LogP contribution is 2.41. The zero-order chi connectivity index (χ0) is 14.1. The summed E-state index contributed by atoms with van der Waals surface area (Å²) >= 11 is 1.48. The van der Waals surface area contributed by atoms with Crippen LogP contribution >= 0.6 is 11.3 Å². The van der Waals surface area contributed by atoms with Crippen LogP contribution in [0.25, 0.3) is 11.1 Å². The maximum atomic E-state index is 9.33. The summed E-state index contributed by atoms with van der Waals surface area (Å²) < 4.78 is 11.1. The molecule has 0 unspecified atom stereocenters. The zero-order valence-electron chi connectivity index (χ0n) is 11.1. The van der Waals surface area contributed by atoms with Gasteiger partial charge in [-0.2, -0.15) is 5.26 Å². The van der Waals surface area contributed by atoms with Crippen LogP contribution in [0.5, 0.6) is 11.5 Å². The van der Waals surface area contributed by atoms with E-state index in [0.717, 1.165) is 33.9 Å². The lowest BCUT2D eigenvalue weighted by atomic mass is 10.0. The van der Waals surface area contributed by atoms with E-state index in [1.165, 1.54) is 11.3 Å². The van der Waals surface area contributed by atoms with Gasteiger partial charge in [0.1, 0.15) is 24.3 Å². The molecule has 5 heteroatoms. The second-order valence-corrected chi connectivity index (χ2v) is 5.60. The summed E-state index contributed by atoms with van der Waals surface area (Å²) in [4.78, 5) is 1.12. The molecule has 0 spiro atoms. The molecule has 1 aromatic carbocycles. The van der Waals surface area contributed by atoms with Crippen molar-refractivity contribution in [2.45, 2.75) is 13.3 Å². The average Bonchev–Trinajstić information content (AvgIpc) is 2.82. The van der Waals surface area contributed by atoms with E-state index in [0.29, 0.717) is 23.8 Å². The van der Waals surface area contributed by atoms with Crippen LogP contribution in [-0.4, -0.2) is 13.2 Å². The summed E-state index contributed by atoms with van der Waals surface area (Å²) in [5.41, 5.74) is 8.38. The molecule has 0 bridgehead atoms. The van der Waals surface area contributed by atoms with E-state index in [9.17, 15) is 5.26 Å². The molecular weight excluding hydrogens is 272 g/mol. The van der Waals surface area contributed by atoms with Crippen LogP contribution in [0.2, 0.25) is 0 Å². The Bertz CT molecular complexity index is 701. The van der Waals surface area contributed by atoms with E-state index < -0.39 is 0 Å². The van der Waals surface area contributed by atoms with Gasteiger partial charge in [0.15, 0.2) is 11.5 Å². The Labute approximate surface area is 121 Å². The number of hydrogen-bond acceptors (Lipinski definition) is 5. The maximum Gasteiger partial charge on any atom is 0.161 e. The summed E-state index contributed by atoms with van der Waals surface area (Å²) in [5.74, 6) is 1.48. The van der Waals surface area contributed by atoms with Crippen LogP contribution < -0.4 is 15.2 Å². The van der Waals surface area contributed by atoms with Gasteiger partial charge in [0, 0.05) is 10.4 Å².